The van der Waals surface area contributed by atoms with Crippen molar-refractivity contribution in [3.63, 3.8) is 0 Å². The molecule has 7 nitrogen and oxygen atoms in total. The summed E-state index contributed by atoms with van der Waals surface area (Å²) in [5.74, 6) is 0.818. The van der Waals surface area contributed by atoms with Gasteiger partial charge in [-0.1, -0.05) is 6.92 Å². The molecule has 0 amide bonds. The molecule has 0 spiro atoms. The smallest absolute Gasteiger partial charge is 0.330 e. The SMILES string of the molecule is CCc1nc2c(c(=O)n(C)c(=O)n2CC)n1CCCN. The number of hydrogen-bond acceptors (Lipinski definition) is 4. The highest BCUT2D eigenvalue weighted by Crippen LogP contribution is 2.12. The Balaban J connectivity index is 2.88. The van der Waals surface area contributed by atoms with Crippen LogP contribution in [0.1, 0.15) is 26.1 Å². The fourth-order valence-corrected chi connectivity index (χ4v) is 2.45. The number of aromatic nitrogens is 4. The maximum absolute atomic E-state index is 12.4. The van der Waals surface area contributed by atoms with E-state index >= 15 is 0 Å². The van der Waals surface area contributed by atoms with Crippen molar-refractivity contribution in [2.45, 2.75) is 39.8 Å². The molecule has 0 bridgehead atoms. The molecular weight excluding hydrogens is 258 g/mol. The summed E-state index contributed by atoms with van der Waals surface area (Å²) in [5, 5.41) is 0. The van der Waals surface area contributed by atoms with Gasteiger partial charge in [0, 0.05) is 26.6 Å². The minimum absolute atomic E-state index is 0.293. The zero-order valence-electron chi connectivity index (χ0n) is 12.2. The van der Waals surface area contributed by atoms with E-state index in [1.54, 1.807) is 0 Å². The van der Waals surface area contributed by atoms with Crippen LogP contribution in [0.2, 0.25) is 0 Å². The molecule has 0 saturated carbocycles. The van der Waals surface area contributed by atoms with Crippen LogP contribution in [0.5, 0.6) is 0 Å². The number of hydrogen-bond donors (Lipinski definition) is 1. The van der Waals surface area contributed by atoms with Crippen molar-refractivity contribution in [2.24, 2.45) is 12.8 Å². The highest BCUT2D eigenvalue weighted by molar-refractivity contribution is 5.71. The Hall–Kier alpha value is -1.89. The fourth-order valence-electron chi connectivity index (χ4n) is 2.45. The van der Waals surface area contributed by atoms with E-state index < -0.39 is 0 Å². The Kier molecular flexibility index (Phi) is 4.08. The number of nitrogens with zero attached hydrogens (tertiary/aromatic N) is 4. The molecular formula is C13H21N5O2. The lowest BCUT2D eigenvalue weighted by atomic mass is 10.3. The summed E-state index contributed by atoms with van der Waals surface area (Å²) in [6.45, 7) is 5.54. The van der Waals surface area contributed by atoms with Gasteiger partial charge in [-0.05, 0) is 19.9 Å². The standard InChI is InChI=1S/C13H21N5O2/c1-4-9-15-11-10(18(9)8-6-7-14)12(19)16(3)13(20)17(11)5-2/h4-8,14H2,1-3H3. The normalized spacial score (nSPS) is 11.4. The molecule has 0 aromatic carbocycles. The van der Waals surface area contributed by atoms with Gasteiger partial charge in [0.1, 0.15) is 5.82 Å². The first-order valence-electron chi connectivity index (χ1n) is 6.95. The molecule has 20 heavy (non-hydrogen) atoms. The lowest BCUT2D eigenvalue weighted by molar-refractivity contribution is 0.625. The van der Waals surface area contributed by atoms with Crippen LogP contribution in [-0.4, -0.2) is 25.2 Å². The second-order valence-corrected chi connectivity index (χ2v) is 4.74. The molecule has 7 heteroatoms. The summed E-state index contributed by atoms with van der Waals surface area (Å²) < 4.78 is 4.58. The molecule has 0 saturated heterocycles. The molecule has 0 radical (unpaired) electrons. The Labute approximate surface area is 116 Å². The third kappa shape index (κ3) is 2.07. The fraction of sp³-hybridized carbons (Fsp3) is 0.615. The van der Waals surface area contributed by atoms with Gasteiger partial charge in [0.25, 0.3) is 5.56 Å². The van der Waals surface area contributed by atoms with Gasteiger partial charge in [0.05, 0.1) is 0 Å². The molecule has 2 N–H and O–H groups in total. The zero-order valence-corrected chi connectivity index (χ0v) is 12.2. The van der Waals surface area contributed by atoms with Gasteiger partial charge >= 0.3 is 5.69 Å². The minimum Gasteiger partial charge on any atom is -0.330 e. The first kappa shape index (κ1) is 14.5. The van der Waals surface area contributed by atoms with Crippen molar-refractivity contribution in [1.82, 2.24) is 18.7 Å². The quantitative estimate of drug-likeness (QED) is 0.823. The van der Waals surface area contributed by atoms with Gasteiger partial charge in [-0.2, -0.15) is 0 Å². The van der Waals surface area contributed by atoms with Crippen molar-refractivity contribution in [2.75, 3.05) is 6.54 Å². The Bertz CT molecular complexity index is 738. The van der Waals surface area contributed by atoms with E-state index in [0.29, 0.717) is 37.2 Å². The predicted molar refractivity (Wildman–Crippen MR) is 78.0 cm³/mol. The van der Waals surface area contributed by atoms with Gasteiger partial charge < -0.3 is 10.3 Å². The molecule has 0 aliphatic carbocycles. The van der Waals surface area contributed by atoms with Crippen LogP contribution >= 0.6 is 0 Å². The van der Waals surface area contributed by atoms with Crippen LogP contribution in [-0.2, 0) is 26.6 Å². The minimum atomic E-state index is -0.323. The molecule has 2 rings (SSSR count). The van der Waals surface area contributed by atoms with E-state index in [1.807, 2.05) is 18.4 Å². The third-order valence-electron chi connectivity index (χ3n) is 3.53. The number of aryl methyl sites for hydroxylation is 3. The zero-order chi connectivity index (χ0) is 14.9. The van der Waals surface area contributed by atoms with Crippen LogP contribution in [0.3, 0.4) is 0 Å². The maximum Gasteiger partial charge on any atom is 0.332 e. The van der Waals surface area contributed by atoms with Gasteiger partial charge in [0.15, 0.2) is 11.2 Å². The third-order valence-corrected chi connectivity index (χ3v) is 3.53. The van der Waals surface area contributed by atoms with Crippen LogP contribution < -0.4 is 17.0 Å². The van der Waals surface area contributed by atoms with Crippen molar-refractivity contribution >= 4 is 11.2 Å². The lowest BCUT2D eigenvalue weighted by Gasteiger charge is -2.08. The first-order valence-corrected chi connectivity index (χ1v) is 6.95. The molecule has 2 aromatic heterocycles. The van der Waals surface area contributed by atoms with Crippen LogP contribution in [0.25, 0.3) is 11.2 Å². The van der Waals surface area contributed by atoms with Crippen LogP contribution in [0, 0.1) is 0 Å². The Morgan fingerprint density at radius 2 is 1.90 bits per heavy atom. The highest BCUT2D eigenvalue weighted by atomic mass is 16.2. The summed E-state index contributed by atoms with van der Waals surface area (Å²) >= 11 is 0. The Morgan fingerprint density at radius 3 is 2.45 bits per heavy atom. The monoisotopic (exact) mass is 279 g/mol. The average Bonchev–Trinajstić information content (AvgIpc) is 2.81. The average molecular weight is 279 g/mol. The predicted octanol–water partition coefficient (Wildman–Crippen LogP) is -0.172. The maximum atomic E-state index is 12.4. The topological polar surface area (TPSA) is 87.8 Å². The number of imidazole rings is 1. The molecule has 0 fully saturated rings. The molecule has 0 aliphatic heterocycles. The van der Waals surface area contributed by atoms with E-state index in [4.69, 9.17) is 5.73 Å². The van der Waals surface area contributed by atoms with Crippen LogP contribution in [0.15, 0.2) is 9.59 Å². The van der Waals surface area contributed by atoms with Crippen LogP contribution in [0.4, 0.5) is 0 Å². The van der Waals surface area contributed by atoms with Gasteiger partial charge in [-0.25, -0.2) is 9.78 Å². The molecule has 0 aliphatic rings. The van der Waals surface area contributed by atoms with Gasteiger partial charge in [-0.3, -0.25) is 13.9 Å². The molecule has 2 heterocycles. The summed E-state index contributed by atoms with van der Waals surface area (Å²) in [7, 11) is 1.50. The van der Waals surface area contributed by atoms with E-state index in [9.17, 15) is 9.59 Å². The Morgan fingerprint density at radius 1 is 1.20 bits per heavy atom. The summed E-state index contributed by atoms with van der Waals surface area (Å²) in [5.41, 5.74) is 5.92. The van der Waals surface area contributed by atoms with Gasteiger partial charge in [-0.15, -0.1) is 0 Å². The second kappa shape index (κ2) is 5.62. The van der Waals surface area contributed by atoms with Crippen molar-refractivity contribution in [1.29, 1.82) is 0 Å². The molecule has 2 aromatic rings. The van der Waals surface area contributed by atoms with E-state index in [0.717, 1.165) is 16.8 Å². The van der Waals surface area contributed by atoms with Gasteiger partial charge in [0.2, 0.25) is 0 Å². The number of nitrogens with two attached hydrogens (primary N) is 1. The first-order chi connectivity index (χ1) is 9.56. The largest absolute Gasteiger partial charge is 0.332 e. The molecule has 0 atom stereocenters. The highest BCUT2D eigenvalue weighted by Gasteiger charge is 2.18. The van der Waals surface area contributed by atoms with Crippen molar-refractivity contribution in [3.8, 4) is 0 Å². The molecule has 0 unspecified atom stereocenters. The number of fused-ring (bicyclic) bond motifs is 1. The lowest BCUT2D eigenvalue weighted by Crippen LogP contribution is -2.38. The summed E-state index contributed by atoms with van der Waals surface area (Å²) in [6, 6.07) is 0. The second-order valence-electron chi connectivity index (χ2n) is 4.74. The van der Waals surface area contributed by atoms with Crippen molar-refractivity contribution < 1.29 is 0 Å². The van der Waals surface area contributed by atoms with E-state index in [1.165, 1.54) is 11.6 Å². The van der Waals surface area contributed by atoms with Crippen molar-refractivity contribution in [3.05, 3.63) is 26.7 Å². The van der Waals surface area contributed by atoms with E-state index in [-0.39, 0.29) is 11.2 Å². The summed E-state index contributed by atoms with van der Waals surface area (Å²) in [4.78, 5) is 29.0. The summed E-state index contributed by atoms with van der Waals surface area (Å²) in [6.07, 6.45) is 1.48. The number of rotatable bonds is 5. The molecule has 110 valence electrons. The van der Waals surface area contributed by atoms with E-state index in [2.05, 4.69) is 4.98 Å².